The topological polar surface area (TPSA) is 79.5 Å². The van der Waals surface area contributed by atoms with E-state index in [2.05, 4.69) is 26.1 Å². The highest BCUT2D eigenvalue weighted by Gasteiger charge is 2.35. The molecule has 2 heterocycles. The first-order chi connectivity index (χ1) is 11.3. The van der Waals surface area contributed by atoms with Crippen molar-refractivity contribution >= 4 is 22.0 Å². The number of rotatable bonds is 2. The van der Waals surface area contributed by atoms with E-state index in [9.17, 15) is 18.0 Å². The van der Waals surface area contributed by atoms with Crippen LogP contribution in [0.2, 0.25) is 0 Å². The molecule has 1 saturated heterocycles. The number of aromatic nitrogens is 2. The van der Waals surface area contributed by atoms with E-state index < -0.39 is 23.9 Å². The van der Waals surface area contributed by atoms with Gasteiger partial charge in [0.15, 0.2) is 0 Å². The third kappa shape index (κ3) is 3.10. The second-order valence-corrected chi connectivity index (χ2v) is 6.14. The Labute approximate surface area is 142 Å². The number of amides is 1. The first-order valence-electron chi connectivity index (χ1n) is 6.97. The first kappa shape index (κ1) is 16.7. The van der Waals surface area contributed by atoms with Gasteiger partial charge in [0, 0.05) is 16.6 Å². The van der Waals surface area contributed by atoms with Gasteiger partial charge in [-0.15, -0.1) is 0 Å². The van der Waals surface area contributed by atoms with Gasteiger partial charge in [0.05, 0.1) is 5.56 Å². The maximum atomic E-state index is 13.0. The summed E-state index contributed by atoms with van der Waals surface area (Å²) in [6.07, 6.45) is -4.43. The lowest BCUT2D eigenvalue weighted by molar-refractivity contribution is -0.138. The molecule has 1 aliphatic rings. The molecule has 1 aromatic heterocycles. The Morgan fingerprint density at radius 1 is 1.42 bits per heavy atom. The summed E-state index contributed by atoms with van der Waals surface area (Å²) in [7, 11) is 0. The lowest BCUT2D eigenvalue weighted by Crippen LogP contribution is -2.28. The van der Waals surface area contributed by atoms with E-state index in [4.69, 9.17) is 9.63 Å². The smallest absolute Gasteiger partial charge is 0.417 e. The number of benzene rings is 1. The van der Waals surface area contributed by atoms with Gasteiger partial charge in [0.1, 0.15) is 6.04 Å². The van der Waals surface area contributed by atoms with Crippen LogP contribution in [0.3, 0.4) is 0 Å². The fourth-order valence-corrected chi connectivity index (χ4v) is 3.09. The number of hydrogen-bond acceptors (Lipinski definition) is 4. The third-order valence-electron chi connectivity index (χ3n) is 3.76. The number of alkyl halides is 3. The van der Waals surface area contributed by atoms with E-state index in [0.29, 0.717) is 19.4 Å². The van der Waals surface area contributed by atoms with Crippen molar-refractivity contribution in [2.24, 2.45) is 0 Å². The molecule has 0 bridgehead atoms. The molecule has 128 valence electrons. The molecular weight excluding hydrogens is 395 g/mol. The maximum Gasteiger partial charge on any atom is 0.417 e. The lowest BCUT2D eigenvalue weighted by atomic mass is 10.1. The number of halogens is 4. The Bertz CT molecular complexity index is 778. The van der Waals surface area contributed by atoms with Crippen LogP contribution in [0, 0.1) is 0 Å². The van der Waals surface area contributed by atoms with Crippen molar-refractivity contribution in [3.05, 3.63) is 34.1 Å². The second-order valence-electron chi connectivity index (χ2n) is 5.28. The molecule has 1 unspecified atom stereocenters. The monoisotopic (exact) mass is 405 g/mol. The van der Waals surface area contributed by atoms with Gasteiger partial charge in [-0.25, -0.2) is 4.79 Å². The van der Waals surface area contributed by atoms with Crippen molar-refractivity contribution in [2.75, 3.05) is 6.54 Å². The predicted octanol–water partition coefficient (Wildman–Crippen LogP) is 4.33. The van der Waals surface area contributed by atoms with Gasteiger partial charge in [0.2, 0.25) is 11.7 Å². The Balaban J connectivity index is 1.93. The van der Waals surface area contributed by atoms with Gasteiger partial charge in [0.25, 0.3) is 0 Å². The molecule has 3 rings (SSSR count). The van der Waals surface area contributed by atoms with Crippen molar-refractivity contribution in [1.82, 2.24) is 15.0 Å². The van der Waals surface area contributed by atoms with Crippen LogP contribution in [0.15, 0.2) is 27.2 Å². The molecule has 10 heteroatoms. The summed E-state index contributed by atoms with van der Waals surface area (Å²) in [5, 5.41) is 12.8. The van der Waals surface area contributed by atoms with Crippen LogP contribution in [0.1, 0.15) is 30.3 Å². The minimum atomic E-state index is -4.52. The molecular formula is C14H11BrF3N3O3. The number of carboxylic acid groups (broad SMARTS) is 1. The minimum absolute atomic E-state index is 0.0137. The van der Waals surface area contributed by atoms with Gasteiger partial charge in [-0.1, -0.05) is 21.1 Å². The normalized spacial score (nSPS) is 18.2. The Hall–Kier alpha value is -2.10. The minimum Gasteiger partial charge on any atom is -0.465 e. The maximum absolute atomic E-state index is 13.0. The summed E-state index contributed by atoms with van der Waals surface area (Å²) in [6.45, 7) is 0.355. The Kier molecular flexibility index (Phi) is 4.24. The van der Waals surface area contributed by atoms with Crippen molar-refractivity contribution in [1.29, 1.82) is 0 Å². The Morgan fingerprint density at radius 3 is 2.83 bits per heavy atom. The van der Waals surface area contributed by atoms with Crippen LogP contribution >= 0.6 is 15.9 Å². The molecule has 0 saturated carbocycles. The van der Waals surface area contributed by atoms with Gasteiger partial charge >= 0.3 is 12.3 Å². The van der Waals surface area contributed by atoms with E-state index in [0.717, 1.165) is 6.07 Å². The summed E-state index contributed by atoms with van der Waals surface area (Å²) in [6, 6.07) is 3.04. The average molecular weight is 406 g/mol. The van der Waals surface area contributed by atoms with Gasteiger partial charge in [-0.05, 0) is 31.0 Å². The number of nitrogens with zero attached hydrogens (tertiary/aromatic N) is 3. The molecule has 2 aromatic rings. The zero-order chi connectivity index (χ0) is 17.5. The second kappa shape index (κ2) is 6.08. The number of hydrogen-bond donors (Lipinski definition) is 1. The van der Waals surface area contributed by atoms with Crippen molar-refractivity contribution < 1.29 is 27.6 Å². The molecule has 1 aliphatic heterocycles. The summed E-state index contributed by atoms with van der Waals surface area (Å²) in [5.74, 6) is 0.0709. The van der Waals surface area contributed by atoms with Gasteiger partial charge < -0.3 is 9.63 Å². The van der Waals surface area contributed by atoms with Gasteiger partial charge in [-0.3, -0.25) is 4.90 Å². The molecule has 1 amide bonds. The van der Waals surface area contributed by atoms with Crippen LogP contribution < -0.4 is 0 Å². The SMILES string of the molecule is O=C(O)N1CCCC1c1nc(-c2ccc(Br)c(C(F)(F)F)c2)no1. The molecule has 1 atom stereocenters. The van der Waals surface area contributed by atoms with Crippen LogP contribution in [-0.4, -0.2) is 32.8 Å². The van der Waals surface area contributed by atoms with Gasteiger partial charge in [-0.2, -0.15) is 18.2 Å². The van der Waals surface area contributed by atoms with Crippen molar-refractivity contribution in [3.8, 4) is 11.4 Å². The molecule has 1 fully saturated rings. The lowest BCUT2D eigenvalue weighted by Gasteiger charge is -2.17. The zero-order valence-electron chi connectivity index (χ0n) is 12.0. The summed E-state index contributed by atoms with van der Waals surface area (Å²) < 4.78 is 43.9. The van der Waals surface area contributed by atoms with E-state index in [1.54, 1.807) is 0 Å². The zero-order valence-corrected chi connectivity index (χ0v) is 13.6. The van der Waals surface area contributed by atoms with E-state index >= 15 is 0 Å². The highest BCUT2D eigenvalue weighted by molar-refractivity contribution is 9.10. The summed E-state index contributed by atoms with van der Waals surface area (Å²) in [5.41, 5.74) is -0.709. The van der Waals surface area contributed by atoms with Crippen molar-refractivity contribution in [3.63, 3.8) is 0 Å². The van der Waals surface area contributed by atoms with Crippen LogP contribution in [0.25, 0.3) is 11.4 Å². The molecule has 0 radical (unpaired) electrons. The van der Waals surface area contributed by atoms with Crippen LogP contribution in [-0.2, 0) is 6.18 Å². The summed E-state index contributed by atoms with van der Waals surface area (Å²) in [4.78, 5) is 16.4. The third-order valence-corrected chi connectivity index (χ3v) is 4.45. The van der Waals surface area contributed by atoms with E-state index in [1.807, 2.05) is 0 Å². The fourth-order valence-electron chi connectivity index (χ4n) is 2.62. The predicted molar refractivity (Wildman–Crippen MR) is 79.1 cm³/mol. The van der Waals surface area contributed by atoms with Crippen LogP contribution in [0.5, 0.6) is 0 Å². The largest absolute Gasteiger partial charge is 0.465 e. The number of carbonyl (C=O) groups is 1. The Morgan fingerprint density at radius 2 is 2.17 bits per heavy atom. The number of likely N-dealkylation sites (tertiary alicyclic amines) is 1. The fraction of sp³-hybridized carbons (Fsp3) is 0.357. The molecule has 1 N–H and O–H groups in total. The highest BCUT2D eigenvalue weighted by atomic mass is 79.9. The van der Waals surface area contributed by atoms with E-state index in [1.165, 1.54) is 17.0 Å². The van der Waals surface area contributed by atoms with Crippen LogP contribution in [0.4, 0.5) is 18.0 Å². The van der Waals surface area contributed by atoms with E-state index in [-0.39, 0.29) is 21.8 Å². The molecule has 1 aromatic carbocycles. The standard InChI is InChI=1S/C14H11BrF3N3O3/c15-9-4-3-7(6-8(9)14(16,17)18)11-19-12(24-20-11)10-2-1-5-21(10)13(22)23/h3-4,6,10H,1-2,5H2,(H,22,23). The van der Waals surface area contributed by atoms with Crippen molar-refractivity contribution in [2.45, 2.75) is 25.1 Å². The molecule has 0 aliphatic carbocycles. The highest BCUT2D eigenvalue weighted by Crippen LogP contribution is 2.37. The quantitative estimate of drug-likeness (QED) is 0.803. The average Bonchev–Trinajstić information content (AvgIpc) is 3.15. The molecule has 24 heavy (non-hydrogen) atoms. The first-order valence-corrected chi connectivity index (χ1v) is 7.77. The molecule has 0 spiro atoms. The molecule has 6 nitrogen and oxygen atoms in total. The summed E-state index contributed by atoms with van der Waals surface area (Å²) >= 11 is 2.87.